The second kappa shape index (κ2) is 10.2. The molecule has 2 rings (SSSR count). The molecule has 128 valence electrons. The largest absolute Gasteiger partial charge is 0.349 e. The number of carbonyl (C=O) groups is 1. The summed E-state index contributed by atoms with van der Waals surface area (Å²) in [5.41, 5.74) is 0.516. The molecule has 0 radical (unpaired) electrons. The van der Waals surface area contributed by atoms with Crippen molar-refractivity contribution in [1.82, 2.24) is 5.32 Å². The molecule has 0 spiro atoms. The van der Waals surface area contributed by atoms with Crippen LogP contribution in [0.5, 0.6) is 0 Å². The van der Waals surface area contributed by atoms with E-state index in [1.165, 1.54) is 57.8 Å². The summed E-state index contributed by atoms with van der Waals surface area (Å²) >= 11 is 12.0. The van der Waals surface area contributed by atoms with Crippen molar-refractivity contribution in [3.63, 3.8) is 0 Å². The lowest BCUT2D eigenvalue weighted by Crippen LogP contribution is -2.35. The quantitative estimate of drug-likeness (QED) is 0.653. The molecule has 1 aliphatic rings. The first kappa shape index (κ1) is 18.6. The lowest BCUT2D eigenvalue weighted by atomic mass is 9.97. The minimum Gasteiger partial charge on any atom is -0.349 e. The van der Waals surface area contributed by atoms with Crippen LogP contribution in [-0.4, -0.2) is 11.9 Å². The van der Waals surface area contributed by atoms with Crippen molar-refractivity contribution >= 4 is 29.1 Å². The van der Waals surface area contributed by atoms with Gasteiger partial charge in [0.15, 0.2) is 0 Å². The van der Waals surface area contributed by atoms with Crippen LogP contribution in [-0.2, 0) is 0 Å². The predicted octanol–water partition coefficient (Wildman–Crippen LogP) is 6.40. The molecule has 0 aromatic heterocycles. The van der Waals surface area contributed by atoms with E-state index in [1.54, 1.807) is 18.2 Å². The molecule has 0 heterocycles. The van der Waals surface area contributed by atoms with Crippen LogP contribution >= 0.6 is 23.2 Å². The van der Waals surface area contributed by atoms with Gasteiger partial charge in [-0.2, -0.15) is 0 Å². The molecule has 0 unspecified atom stereocenters. The van der Waals surface area contributed by atoms with Crippen molar-refractivity contribution in [3.05, 3.63) is 33.8 Å². The van der Waals surface area contributed by atoms with E-state index in [-0.39, 0.29) is 11.9 Å². The number of rotatable bonds is 2. The summed E-state index contributed by atoms with van der Waals surface area (Å²) in [6.45, 7) is 0. The molecule has 1 N–H and O–H groups in total. The SMILES string of the molecule is O=C(NC1CCCCCCCCCCC1)c1ccc(Cl)cc1Cl. The van der Waals surface area contributed by atoms with Crippen molar-refractivity contribution in [2.45, 2.75) is 76.7 Å². The van der Waals surface area contributed by atoms with E-state index in [2.05, 4.69) is 5.32 Å². The molecule has 0 saturated heterocycles. The molecule has 1 aliphatic carbocycles. The topological polar surface area (TPSA) is 29.1 Å². The highest BCUT2D eigenvalue weighted by molar-refractivity contribution is 6.36. The van der Waals surface area contributed by atoms with E-state index < -0.39 is 0 Å². The lowest BCUT2D eigenvalue weighted by molar-refractivity contribution is 0.0931. The van der Waals surface area contributed by atoms with E-state index in [0.717, 1.165) is 12.8 Å². The van der Waals surface area contributed by atoms with Crippen LogP contribution < -0.4 is 5.32 Å². The molecule has 0 aliphatic heterocycles. The smallest absolute Gasteiger partial charge is 0.253 e. The zero-order valence-corrected chi connectivity index (χ0v) is 15.3. The van der Waals surface area contributed by atoms with Gasteiger partial charge < -0.3 is 5.32 Å². The first-order valence-corrected chi connectivity index (χ1v) is 9.68. The van der Waals surface area contributed by atoms with E-state index in [4.69, 9.17) is 23.2 Å². The molecule has 2 nitrogen and oxygen atoms in total. The van der Waals surface area contributed by atoms with Gasteiger partial charge in [-0.1, -0.05) is 81.0 Å². The summed E-state index contributed by atoms with van der Waals surface area (Å²) in [7, 11) is 0. The monoisotopic (exact) mass is 355 g/mol. The average molecular weight is 356 g/mol. The Kier molecular flexibility index (Phi) is 8.25. The van der Waals surface area contributed by atoms with Crippen LogP contribution in [0.15, 0.2) is 18.2 Å². The zero-order chi connectivity index (χ0) is 16.5. The first-order chi connectivity index (χ1) is 11.2. The zero-order valence-electron chi connectivity index (χ0n) is 13.8. The number of nitrogens with one attached hydrogen (secondary N) is 1. The second-order valence-corrected chi connectivity index (χ2v) is 7.40. The number of halogens is 2. The Balaban J connectivity index is 1.92. The highest BCUT2D eigenvalue weighted by atomic mass is 35.5. The molecule has 1 saturated carbocycles. The van der Waals surface area contributed by atoms with Gasteiger partial charge in [-0.05, 0) is 31.0 Å². The van der Waals surface area contributed by atoms with Crippen LogP contribution in [0, 0.1) is 0 Å². The lowest BCUT2D eigenvalue weighted by Gasteiger charge is -2.20. The van der Waals surface area contributed by atoms with Crippen molar-refractivity contribution < 1.29 is 4.79 Å². The maximum absolute atomic E-state index is 12.5. The molecule has 1 fully saturated rings. The van der Waals surface area contributed by atoms with Crippen LogP contribution in [0.3, 0.4) is 0 Å². The van der Waals surface area contributed by atoms with Gasteiger partial charge >= 0.3 is 0 Å². The molecule has 0 atom stereocenters. The second-order valence-electron chi connectivity index (χ2n) is 6.55. The Labute approximate surface area is 149 Å². The fourth-order valence-electron chi connectivity index (χ4n) is 3.24. The molecular weight excluding hydrogens is 329 g/mol. The third-order valence-corrected chi connectivity index (χ3v) is 5.16. The molecule has 1 aromatic carbocycles. The van der Waals surface area contributed by atoms with E-state index in [9.17, 15) is 4.79 Å². The maximum atomic E-state index is 12.5. The van der Waals surface area contributed by atoms with Crippen molar-refractivity contribution in [3.8, 4) is 0 Å². The van der Waals surface area contributed by atoms with Gasteiger partial charge in [0.05, 0.1) is 10.6 Å². The van der Waals surface area contributed by atoms with Gasteiger partial charge in [-0.25, -0.2) is 0 Å². The number of benzene rings is 1. The van der Waals surface area contributed by atoms with E-state index in [0.29, 0.717) is 15.6 Å². The Morgan fingerprint density at radius 1 is 0.870 bits per heavy atom. The number of hydrogen-bond acceptors (Lipinski definition) is 1. The Hall–Kier alpha value is -0.730. The van der Waals surface area contributed by atoms with Crippen LogP contribution in [0.25, 0.3) is 0 Å². The minimum atomic E-state index is -0.0799. The fourth-order valence-corrected chi connectivity index (χ4v) is 3.74. The van der Waals surface area contributed by atoms with Gasteiger partial charge in [-0.15, -0.1) is 0 Å². The van der Waals surface area contributed by atoms with E-state index in [1.807, 2.05) is 0 Å². The highest BCUT2D eigenvalue weighted by Gasteiger charge is 2.16. The normalized spacial score (nSPS) is 18.7. The Bertz CT molecular complexity index is 492. The number of amides is 1. The number of hydrogen-bond donors (Lipinski definition) is 1. The third kappa shape index (κ3) is 6.73. The Morgan fingerprint density at radius 2 is 1.39 bits per heavy atom. The summed E-state index contributed by atoms with van der Waals surface area (Å²) < 4.78 is 0. The summed E-state index contributed by atoms with van der Waals surface area (Å²) in [5, 5.41) is 4.15. The molecule has 1 amide bonds. The fraction of sp³-hybridized carbons (Fsp3) is 0.632. The van der Waals surface area contributed by atoms with E-state index >= 15 is 0 Å². The molecule has 1 aromatic rings. The molecular formula is C19H27Cl2NO. The summed E-state index contributed by atoms with van der Waals surface area (Å²) in [4.78, 5) is 12.5. The summed E-state index contributed by atoms with van der Waals surface area (Å²) in [6.07, 6.45) is 13.8. The Morgan fingerprint density at radius 3 is 1.91 bits per heavy atom. The third-order valence-electron chi connectivity index (χ3n) is 4.62. The first-order valence-electron chi connectivity index (χ1n) is 8.93. The van der Waals surface area contributed by atoms with Gasteiger partial charge in [0.25, 0.3) is 5.91 Å². The summed E-state index contributed by atoms with van der Waals surface area (Å²) in [6, 6.07) is 5.30. The summed E-state index contributed by atoms with van der Waals surface area (Å²) in [5.74, 6) is -0.0799. The average Bonchev–Trinajstić information content (AvgIpc) is 2.49. The maximum Gasteiger partial charge on any atom is 0.253 e. The van der Waals surface area contributed by atoms with Crippen LogP contribution in [0.2, 0.25) is 10.0 Å². The van der Waals surface area contributed by atoms with Gasteiger partial charge in [-0.3, -0.25) is 4.79 Å². The van der Waals surface area contributed by atoms with Crippen LogP contribution in [0.1, 0.15) is 81.0 Å². The molecule has 4 heteroatoms. The molecule has 0 bridgehead atoms. The van der Waals surface area contributed by atoms with Crippen molar-refractivity contribution in [2.75, 3.05) is 0 Å². The minimum absolute atomic E-state index is 0.0799. The van der Waals surface area contributed by atoms with Gasteiger partial charge in [0.1, 0.15) is 0 Å². The van der Waals surface area contributed by atoms with Crippen molar-refractivity contribution in [2.24, 2.45) is 0 Å². The number of carbonyl (C=O) groups excluding carboxylic acids is 1. The predicted molar refractivity (Wildman–Crippen MR) is 98.5 cm³/mol. The highest BCUT2D eigenvalue weighted by Crippen LogP contribution is 2.22. The van der Waals surface area contributed by atoms with Crippen molar-refractivity contribution in [1.29, 1.82) is 0 Å². The van der Waals surface area contributed by atoms with Gasteiger partial charge in [0.2, 0.25) is 0 Å². The van der Waals surface area contributed by atoms with Crippen LogP contribution in [0.4, 0.5) is 0 Å². The molecule has 23 heavy (non-hydrogen) atoms. The van der Waals surface area contributed by atoms with Gasteiger partial charge in [0, 0.05) is 11.1 Å². The standard InChI is InChI=1S/C19H27Cl2NO/c20-15-12-13-17(18(21)14-15)19(23)22-16-10-8-6-4-2-1-3-5-7-9-11-16/h12-14,16H,1-11H2,(H,22,23).